The van der Waals surface area contributed by atoms with Crippen molar-refractivity contribution in [3.8, 4) is 0 Å². The molecule has 7 nitrogen and oxygen atoms in total. The summed E-state index contributed by atoms with van der Waals surface area (Å²) in [6.45, 7) is 7.19. The molecule has 2 heterocycles. The van der Waals surface area contributed by atoms with Crippen LogP contribution in [0.4, 0.5) is 0 Å². The molecular weight excluding hydrogens is 344 g/mol. The Morgan fingerprint density at radius 1 is 1.04 bits per heavy atom. The van der Waals surface area contributed by atoms with E-state index in [0.29, 0.717) is 24.2 Å². The molecule has 2 aliphatic rings. The molecule has 0 radical (unpaired) electrons. The first kappa shape index (κ1) is 19.5. The fourth-order valence-corrected chi connectivity index (χ4v) is 3.93. The highest BCUT2D eigenvalue weighted by atomic mass is 16.2. The summed E-state index contributed by atoms with van der Waals surface area (Å²) in [5, 5.41) is 0. The molecule has 0 aliphatic carbocycles. The highest BCUT2D eigenvalue weighted by molar-refractivity contribution is 6.22. The zero-order valence-electron chi connectivity index (χ0n) is 16.5. The highest BCUT2D eigenvalue weighted by Gasteiger charge is 2.38. The van der Waals surface area contributed by atoms with E-state index in [9.17, 15) is 14.4 Å². The van der Waals surface area contributed by atoms with Gasteiger partial charge in [-0.25, -0.2) is 0 Å². The Labute approximate surface area is 160 Å². The van der Waals surface area contributed by atoms with E-state index in [4.69, 9.17) is 0 Å². The number of rotatable bonds is 5. The molecule has 1 aromatic carbocycles. The number of carbonyl (C=O) groups is 3. The summed E-state index contributed by atoms with van der Waals surface area (Å²) in [7, 11) is 4.11. The lowest BCUT2D eigenvalue weighted by molar-refractivity contribution is -0.135. The van der Waals surface area contributed by atoms with E-state index >= 15 is 0 Å². The van der Waals surface area contributed by atoms with Gasteiger partial charge in [0.2, 0.25) is 5.91 Å². The minimum Gasteiger partial charge on any atom is -0.338 e. The molecule has 3 rings (SSSR count). The lowest BCUT2D eigenvalue weighted by Gasteiger charge is -2.45. The Bertz CT molecular complexity index is 701. The summed E-state index contributed by atoms with van der Waals surface area (Å²) in [5.74, 6) is -0.931. The van der Waals surface area contributed by atoms with Crippen molar-refractivity contribution in [3.05, 3.63) is 35.4 Å². The van der Waals surface area contributed by atoms with Crippen LogP contribution in [-0.2, 0) is 4.79 Å². The topological polar surface area (TPSA) is 64.2 Å². The fourth-order valence-electron chi connectivity index (χ4n) is 3.93. The number of imide groups is 1. The van der Waals surface area contributed by atoms with Crippen molar-refractivity contribution in [3.63, 3.8) is 0 Å². The molecule has 0 aromatic heterocycles. The SMILES string of the molecule is CC1CN(C(=O)CN2C(=O)c3ccccc3C2=O)CC(C)N1CCN(C)C. The molecular formula is C20H28N4O3. The first-order valence-electron chi connectivity index (χ1n) is 9.43. The monoisotopic (exact) mass is 372 g/mol. The van der Waals surface area contributed by atoms with Crippen LogP contribution in [0.5, 0.6) is 0 Å². The molecule has 2 aliphatic heterocycles. The lowest BCUT2D eigenvalue weighted by Crippen LogP contribution is -2.60. The number of likely N-dealkylation sites (N-methyl/N-ethyl adjacent to an activating group) is 1. The Morgan fingerprint density at radius 2 is 1.56 bits per heavy atom. The first-order valence-corrected chi connectivity index (χ1v) is 9.43. The Balaban J connectivity index is 1.63. The highest BCUT2D eigenvalue weighted by Crippen LogP contribution is 2.23. The van der Waals surface area contributed by atoms with Gasteiger partial charge in [-0.3, -0.25) is 24.2 Å². The Morgan fingerprint density at radius 3 is 2.04 bits per heavy atom. The second kappa shape index (κ2) is 7.78. The number of carbonyl (C=O) groups excluding carboxylic acids is 3. The van der Waals surface area contributed by atoms with Gasteiger partial charge in [0.05, 0.1) is 11.1 Å². The number of hydrogen-bond acceptors (Lipinski definition) is 5. The van der Waals surface area contributed by atoms with Gasteiger partial charge >= 0.3 is 0 Å². The summed E-state index contributed by atoms with van der Waals surface area (Å²) < 4.78 is 0. The number of nitrogens with zero attached hydrogens (tertiary/aromatic N) is 4. The Kier molecular flexibility index (Phi) is 5.62. The minimum absolute atomic E-state index is 0.171. The maximum absolute atomic E-state index is 12.8. The smallest absolute Gasteiger partial charge is 0.262 e. The molecule has 0 saturated carbocycles. The number of benzene rings is 1. The maximum Gasteiger partial charge on any atom is 0.262 e. The zero-order valence-corrected chi connectivity index (χ0v) is 16.5. The molecule has 0 spiro atoms. The standard InChI is InChI=1S/C20H28N4O3/c1-14-11-22(12-15(2)23(14)10-9-21(3)4)18(25)13-24-19(26)16-7-5-6-8-17(16)20(24)27/h5-8,14-15H,9-13H2,1-4H3. The van der Waals surface area contributed by atoms with Crippen LogP contribution in [0.3, 0.4) is 0 Å². The van der Waals surface area contributed by atoms with Crippen LogP contribution < -0.4 is 0 Å². The van der Waals surface area contributed by atoms with Crippen LogP contribution in [0.15, 0.2) is 24.3 Å². The molecule has 7 heteroatoms. The average Bonchev–Trinajstić information content (AvgIpc) is 2.86. The van der Waals surface area contributed by atoms with Crippen molar-refractivity contribution in [2.75, 3.05) is 46.8 Å². The van der Waals surface area contributed by atoms with E-state index in [1.165, 1.54) is 0 Å². The Hall–Kier alpha value is -2.25. The van der Waals surface area contributed by atoms with Gasteiger partial charge in [-0.1, -0.05) is 12.1 Å². The predicted molar refractivity (Wildman–Crippen MR) is 103 cm³/mol. The van der Waals surface area contributed by atoms with Crippen molar-refractivity contribution in [1.29, 1.82) is 0 Å². The molecule has 2 unspecified atom stereocenters. The summed E-state index contributed by atoms with van der Waals surface area (Å²) in [5.41, 5.74) is 0.760. The largest absolute Gasteiger partial charge is 0.338 e. The van der Waals surface area contributed by atoms with Gasteiger partial charge < -0.3 is 9.80 Å². The molecule has 146 valence electrons. The lowest BCUT2D eigenvalue weighted by atomic mass is 10.1. The normalized spacial score (nSPS) is 23.3. The second-order valence-electron chi connectivity index (χ2n) is 7.78. The second-order valence-corrected chi connectivity index (χ2v) is 7.78. The van der Waals surface area contributed by atoms with Crippen LogP contribution in [0.25, 0.3) is 0 Å². The van der Waals surface area contributed by atoms with E-state index in [0.717, 1.165) is 18.0 Å². The number of hydrogen-bond donors (Lipinski definition) is 0. The minimum atomic E-state index is -0.380. The summed E-state index contributed by atoms with van der Waals surface area (Å²) in [4.78, 5) is 45.2. The number of fused-ring (bicyclic) bond motifs is 1. The third-order valence-corrected chi connectivity index (χ3v) is 5.43. The van der Waals surface area contributed by atoms with Gasteiger partial charge in [-0.2, -0.15) is 0 Å². The fraction of sp³-hybridized carbons (Fsp3) is 0.550. The van der Waals surface area contributed by atoms with Crippen LogP contribution >= 0.6 is 0 Å². The summed E-state index contributed by atoms with van der Waals surface area (Å²) in [6.07, 6.45) is 0. The van der Waals surface area contributed by atoms with E-state index < -0.39 is 0 Å². The molecule has 1 saturated heterocycles. The van der Waals surface area contributed by atoms with Gasteiger partial charge in [0, 0.05) is 38.3 Å². The number of piperazine rings is 1. The third-order valence-electron chi connectivity index (χ3n) is 5.43. The van der Waals surface area contributed by atoms with Crippen molar-refractivity contribution in [2.45, 2.75) is 25.9 Å². The van der Waals surface area contributed by atoms with Gasteiger partial charge in [-0.15, -0.1) is 0 Å². The van der Waals surface area contributed by atoms with Crippen molar-refractivity contribution in [1.82, 2.24) is 19.6 Å². The van der Waals surface area contributed by atoms with Gasteiger partial charge in [0.15, 0.2) is 0 Å². The molecule has 27 heavy (non-hydrogen) atoms. The third kappa shape index (κ3) is 3.89. The van der Waals surface area contributed by atoms with E-state index in [-0.39, 0.29) is 36.3 Å². The average molecular weight is 372 g/mol. The molecule has 1 aromatic rings. The molecule has 1 fully saturated rings. The van der Waals surface area contributed by atoms with Crippen LogP contribution in [0.1, 0.15) is 34.6 Å². The molecule has 3 amide bonds. The van der Waals surface area contributed by atoms with Gasteiger partial charge in [0.1, 0.15) is 6.54 Å². The van der Waals surface area contributed by atoms with E-state index in [1.54, 1.807) is 29.2 Å². The van der Waals surface area contributed by atoms with Crippen molar-refractivity contribution >= 4 is 17.7 Å². The van der Waals surface area contributed by atoms with Crippen LogP contribution in [0.2, 0.25) is 0 Å². The first-order chi connectivity index (χ1) is 12.8. The molecule has 0 bridgehead atoms. The maximum atomic E-state index is 12.8. The van der Waals surface area contributed by atoms with Crippen molar-refractivity contribution in [2.24, 2.45) is 0 Å². The summed E-state index contributed by atoms with van der Waals surface area (Å²) in [6, 6.07) is 7.19. The van der Waals surface area contributed by atoms with Gasteiger partial charge in [-0.05, 0) is 40.1 Å². The van der Waals surface area contributed by atoms with E-state index in [1.807, 2.05) is 0 Å². The predicted octanol–water partition coefficient (Wildman–Crippen LogP) is 0.765. The zero-order chi connectivity index (χ0) is 19.7. The van der Waals surface area contributed by atoms with Crippen LogP contribution in [-0.4, -0.2) is 96.2 Å². The number of amides is 3. The molecule has 2 atom stereocenters. The quantitative estimate of drug-likeness (QED) is 0.715. The van der Waals surface area contributed by atoms with Gasteiger partial charge in [0.25, 0.3) is 11.8 Å². The molecule has 0 N–H and O–H groups in total. The van der Waals surface area contributed by atoms with Crippen molar-refractivity contribution < 1.29 is 14.4 Å². The van der Waals surface area contributed by atoms with E-state index in [2.05, 4.69) is 37.7 Å². The summed E-state index contributed by atoms with van der Waals surface area (Å²) >= 11 is 0. The van der Waals surface area contributed by atoms with Crippen LogP contribution in [0, 0.1) is 0 Å².